The second-order valence-corrected chi connectivity index (χ2v) is 6.27. The van der Waals surface area contributed by atoms with Crippen molar-refractivity contribution in [3.05, 3.63) is 0 Å². The average Bonchev–Trinajstić information content (AvgIpc) is 2.63. The third-order valence-corrected chi connectivity index (χ3v) is 3.70. The third-order valence-electron chi connectivity index (χ3n) is 3.70. The molecule has 2 rings (SSSR count). The minimum absolute atomic E-state index is 0.268. The molecule has 0 aromatic carbocycles. The van der Waals surface area contributed by atoms with Crippen molar-refractivity contribution in [3.8, 4) is 0 Å². The maximum absolute atomic E-state index is 11.8. The lowest BCUT2D eigenvalue weighted by molar-refractivity contribution is 0.0461. The summed E-state index contributed by atoms with van der Waals surface area (Å²) in [6.07, 6.45) is 3.32. The summed E-state index contributed by atoms with van der Waals surface area (Å²) < 4.78 is 5.32. The summed E-state index contributed by atoms with van der Waals surface area (Å²) in [5.74, 6) is 1.33. The maximum atomic E-state index is 11.8. The second-order valence-electron chi connectivity index (χ2n) is 6.27. The number of carbonyl (C=O) groups excluding carboxylic acids is 1. The Morgan fingerprint density at radius 2 is 2.06 bits per heavy atom. The van der Waals surface area contributed by atoms with Gasteiger partial charge in [0, 0.05) is 12.6 Å². The SMILES string of the molecule is CC(C)(C)OC(=O)N[C@@H]1CCC[C@@H]2CNC[C@@H]21. The molecule has 1 saturated carbocycles. The predicted octanol–water partition coefficient (Wildman–Crippen LogP) is 1.90. The molecule has 4 heteroatoms. The van der Waals surface area contributed by atoms with Crippen molar-refractivity contribution in [2.75, 3.05) is 13.1 Å². The van der Waals surface area contributed by atoms with E-state index in [0.717, 1.165) is 25.4 Å². The van der Waals surface area contributed by atoms with Gasteiger partial charge in [-0.15, -0.1) is 0 Å². The number of rotatable bonds is 1. The summed E-state index contributed by atoms with van der Waals surface area (Å²) in [7, 11) is 0. The van der Waals surface area contributed by atoms with Gasteiger partial charge in [-0.1, -0.05) is 6.42 Å². The minimum Gasteiger partial charge on any atom is -0.444 e. The van der Waals surface area contributed by atoms with Crippen LogP contribution in [0.1, 0.15) is 40.0 Å². The number of ether oxygens (including phenoxy) is 1. The molecule has 2 aliphatic rings. The van der Waals surface area contributed by atoms with Gasteiger partial charge in [-0.05, 0) is 52.0 Å². The number of fused-ring (bicyclic) bond motifs is 1. The monoisotopic (exact) mass is 240 g/mol. The Balaban J connectivity index is 1.87. The molecule has 1 amide bonds. The molecule has 0 unspecified atom stereocenters. The van der Waals surface area contributed by atoms with Gasteiger partial charge in [0.05, 0.1) is 0 Å². The van der Waals surface area contributed by atoms with E-state index in [9.17, 15) is 4.79 Å². The number of hydrogen-bond acceptors (Lipinski definition) is 3. The Hall–Kier alpha value is -0.770. The van der Waals surface area contributed by atoms with Crippen molar-refractivity contribution in [2.24, 2.45) is 11.8 Å². The molecule has 1 aliphatic carbocycles. The summed E-state index contributed by atoms with van der Waals surface area (Å²) in [6, 6.07) is 0.290. The van der Waals surface area contributed by atoms with Gasteiger partial charge in [0.25, 0.3) is 0 Å². The highest BCUT2D eigenvalue weighted by Crippen LogP contribution is 2.32. The lowest BCUT2D eigenvalue weighted by atomic mass is 9.78. The van der Waals surface area contributed by atoms with Crippen LogP contribution in [0.15, 0.2) is 0 Å². The van der Waals surface area contributed by atoms with Gasteiger partial charge in [0.15, 0.2) is 0 Å². The number of alkyl carbamates (subject to hydrolysis) is 1. The average molecular weight is 240 g/mol. The maximum Gasteiger partial charge on any atom is 0.407 e. The van der Waals surface area contributed by atoms with Crippen LogP contribution in [0.3, 0.4) is 0 Å². The van der Waals surface area contributed by atoms with Gasteiger partial charge in [-0.3, -0.25) is 0 Å². The third kappa shape index (κ3) is 3.35. The smallest absolute Gasteiger partial charge is 0.407 e. The van der Waals surface area contributed by atoms with Gasteiger partial charge in [-0.25, -0.2) is 4.79 Å². The van der Waals surface area contributed by atoms with E-state index < -0.39 is 5.60 Å². The topological polar surface area (TPSA) is 50.4 Å². The van der Waals surface area contributed by atoms with E-state index in [0.29, 0.717) is 12.0 Å². The zero-order valence-corrected chi connectivity index (χ0v) is 11.1. The van der Waals surface area contributed by atoms with E-state index in [4.69, 9.17) is 4.74 Å². The Morgan fingerprint density at radius 1 is 1.29 bits per heavy atom. The Morgan fingerprint density at radius 3 is 2.76 bits per heavy atom. The molecule has 17 heavy (non-hydrogen) atoms. The Bertz CT molecular complexity index is 286. The van der Waals surface area contributed by atoms with Crippen molar-refractivity contribution in [2.45, 2.75) is 51.7 Å². The molecule has 2 N–H and O–H groups in total. The fourth-order valence-electron chi connectivity index (χ4n) is 2.99. The van der Waals surface area contributed by atoms with Crippen molar-refractivity contribution < 1.29 is 9.53 Å². The molecule has 0 bridgehead atoms. The van der Waals surface area contributed by atoms with Crippen LogP contribution in [0.5, 0.6) is 0 Å². The molecule has 0 aromatic heterocycles. The summed E-state index contributed by atoms with van der Waals surface area (Å²) in [4.78, 5) is 11.8. The number of carbonyl (C=O) groups is 1. The van der Waals surface area contributed by atoms with Crippen LogP contribution in [-0.2, 0) is 4.74 Å². The summed E-state index contributed by atoms with van der Waals surface area (Å²) in [5.41, 5.74) is -0.411. The van der Waals surface area contributed by atoms with E-state index in [1.807, 2.05) is 20.8 Å². The summed E-state index contributed by atoms with van der Waals surface area (Å²) >= 11 is 0. The van der Waals surface area contributed by atoms with Gasteiger partial charge < -0.3 is 15.4 Å². The quantitative estimate of drug-likeness (QED) is 0.736. The molecular weight excluding hydrogens is 216 g/mol. The lowest BCUT2D eigenvalue weighted by Gasteiger charge is -2.34. The van der Waals surface area contributed by atoms with Crippen LogP contribution in [0, 0.1) is 11.8 Å². The molecule has 0 radical (unpaired) electrons. The highest BCUT2D eigenvalue weighted by Gasteiger charge is 2.37. The minimum atomic E-state index is -0.411. The summed E-state index contributed by atoms with van der Waals surface area (Å²) in [6.45, 7) is 7.83. The molecule has 4 nitrogen and oxygen atoms in total. The van der Waals surface area contributed by atoms with Crippen molar-refractivity contribution in [3.63, 3.8) is 0 Å². The van der Waals surface area contributed by atoms with Crippen molar-refractivity contribution in [1.82, 2.24) is 10.6 Å². The van der Waals surface area contributed by atoms with E-state index in [2.05, 4.69) is 10.6 Å². The molecular formula is C13H24N2O2. The lowest BCUT2D eigenvalue weighted by Crippen LogP contribution is -2.47. The first-order chi connectivity index (χ1) is 7.96. The molecule has 1 heterocycles. The Labute approximate surface area is 103 Å². The molecule has 1 saturated heterocycles. The zero-order chi connectivity index (χ0) is 12.5. The van der Waals surface area contributed by atoms with Gasteiger partial charge in [-0.2, -0.15) is 0 Å². The fourth-order valence-corrected chi connectivity index (χ4v) is 2.99. The van der Waals surface area contributed by atoms with Crippen LogP contribution >= 0.6 is 0 Å². The van der Waals surface area contributed by atoms with Crippen LogP contribution in [-0.4, -0.2) is 30.8 Å². The van der Waals surface area contributed by atoms with Crippen LogP contribution in [0.4, 0.5) is 4.79 Å². The first-order valence-electron chi connectivity index (χ1n) is 6.66. The van der Waals surface area contributed by atoms with Crippen LogP contribution in [0.25, 0.3) is 0 Å². The van der Waals surface area contributed by atoms with Gasteiger partial charge in [0.2, 0.25) is 0 Å². The standard InChI is InChI=1S/C13H24N2O2/c1-13(2,3)17-12(16)15-11-6-4-5-9-7-14-8-10(9)11/h9-11,14H,4-8H2,1-3H3,(H,15,16)/t9-,10+,11-/m1/s1. The van der Waals surface area contributed by atoms with E-state index in [1.165, 1.54) is 12.8 Å². The Kier molecular flexibility index (Phi) is 3.61. The molecule has 0 aromatic rings. The molecule has 2 fully saturated rings. The zero-order valence-electron chi connectivity index (χ0n) is 11.1. The highest BCUT2D eigenvalue weighted by atomic mass is 16.6. The van der Waals surface area contributed by atoms with Crippen molar-refractivity contribution in [1.29, 1.82) is 0 Å². The van der Waals surface area contributed by atoms with E-state index >= 15 is 0 Å². The number of amides is 1. The van der Waals surface area contributed by atoms with E-state index in [-0.39, 0.29) is 6.09 Å². The highest BCUT2D eigenvalue weighted by molar-refractivity contribution is 5.68. The number of hydrogen-bond donors (Lipinski definition) is 2. The molecule has 1 aliphatic heterocycles. The van der Waals surface area contributed by atoms with Crippen LogP contribution < -0.4 is 10.6 Å². The van der Waals surface area contributed by atoms with Gasteiger partial charge in [0.1, 0.15) is 5.60 Å². The molecule has 3 atom stereocenters. The summed E-state index contributed by atoms with van der Waals surface area (Å²) in [5, 5.41) is 6.47. The largest absolute Gasteiger partial charge is 0.444 e. The first kappa shape index (κ1) is 12.7. The normalized spacial score (nSPS) is 33.0. The van der Waals surface area contributed by atoms with Crippen molar-refractivity contribution >= 4 is 6.09 Å². The number of nitrogens with one attached hydrogen (secondary N) is 2. The molecule has 98 valence electrons. The van der Waals surface area contributed by atoms with E-state index in [1.54, 1.807) is 0 Å². The predicted molar refractivity (Wildman–Crippen MR) is 66.9 cm³/mol. The second kappa shape index (κ2) is 4.84. The molecule has 0 spiro atoms. The fraction of sp³-hybridized carbons (Fsp3) is 0.923. The van der Waals surface area contributed by atoms with Gasteiger partial charge >= 0.3 is 6.09 Å². The first-order valence-corrected chi connectivity index (χ1v) is 6.66. The van der Waals surface area contributed by atoms with Crippen LogP contribution in [0.2, 0.25) is 0 Å².